The minimum Gasteiger partial charge on any atom is -0.368 e. The van der Waals surface area contributed by atoms with Gasteiger partial charge in [0, 0.05) is 68.7 Å². The maximum atomic E-state index is 12.5. The Bertz CT molecular complexity index is 1050. The zero-order valence-electron chi connectivity index (χ0n) is 17.6. The van der Waals surface area contributed by atoms with Crippen molar-refractivity contribution in [1.82, 2.24) is 14.8 Å². The summed E-state index contributed by atoms with van der Waals surface area (Å²) in [4.78, 5) is 28.1. The highest BCUT2D eigenvalue weighted by Crippen LogP contribution is 2.19. The third-order valence-electron chi connectivity index (χ3n) is 5.86. The molecule has 0 radical (unpaired) electrons. The van der Waals surface area contributed by atoms with Crippen molar-refractivity contribution in [2.45, 2.75) is 20.4 Å². The summed E-state index contributed by atoms with van der Waals surface area (Å²) in [5.74, 6) is 0.0711. The summed E-state index contributed by atoms with van der Waals surface area (Å²) in [6, 6.07) is 18.2. The minimum absolute atomic E-state index is 0.0583. The van der Waals surface area contributed by atoms with Crippen LogP contribution in [0.25, 0.3) is 10.9 Å². The van der Waals surface area contributed by atoms with E-state index in [1.165, 1.54) is 16.6 Å². The first-order valence-corrected chi connectivity index (χ1v) is 10.5. The average Bonchev–Trinajstić information content (AvgIpc) is 3.09. The molecule has 0 spiro atoms. The number of amides is 2. The molecule has 0 saturated carbocycles. The molecule has 1 aliphatic heterocycles. The van der Waals surface area contributed by atoms with E-state index in [0.29, 0.717) is 12.1 Å². The van der Waals surface area contributed by atoms with Gasteiger partial charge in [-0.3, -0.25) is 9.59 Å². The summed E-state index contributed by atoms with van der Waals surface area (Å²) < 4.78 is 2.24. The number of benzene rings is 2. The molecule has 1 fully saturated rings. The topological polar surface area (TPSA) is 57.6 Å². The van der Waals surface area contributed by atoms with Crippen molar-refractivity contribution >= 4 is 28.4 Å². The molecule has 4 rings (SSSR count). The fourth-order valence-corrected chi connectivity index (χ4v) is 4.13. The lowest BCUT2D eigenvalue weighted by Crippen LogP contribution is -2.48. The van der Waals surface area contributed by atoms with E-state index in [2.05, 4.69) is 39.9 Å². The second-order valence-electron chi connectivity index (χ2n) is 7.79. The SMILES string of the molecule is CC(=O)N1CCN(c2ccc(C(=O)NCCn3c(C)cc4ccccc43)cc2)CC1. The van der Waals surface area contributed by atoms with E-state index >= 15 is 0 Å². The molecule has 2 amide bonds. The number of rotatable bonds is 5. The number of anilines is 1. The van der Waals surface area contributed by atoms with Crippen molar-refractivity contribution in [3.05, 3.63) is 65.9 Å². The number of carbonyl (C=O) groups is 2. The van der Waals surface area contributed by atoms with Gasteiger partial charge in [0.15, 0.2) is 0 Å². The van der Waals surface area contributed by atoms with Gasteiger partial charge in [-0.2, -0.15) is 0 Å². The predicted octanol–water partition coefficient (Wildman–Crippen LogP) is 3.05. The molecule has 1 saturated heterocycles. The molecule has 2 aromatic carbocycles. The molecule has 30 heavy (non-hydrogen) atoms. The summed E-state index contributed by atoms with van der Waals surface area (Å²) >= 11 is 0. The standard InChI is InChI=1S/C24H28N4O2/c1-18-17-21-5-3-4-6-23(21)28(18)12-11-25-24(30)20-7-9-22(10-8-20)27-15-13-26(14-16-27)19(2)29/h3-10,17H,11-16H2,1-2H3,(H,25,30). The lowest BCUT2D eigenvalue weighted by atomic mass is 10.1. The molecule has 2 heterocycles. The molecule has 0 bridgehead atoms. The molecule has 1 aliphatic rings. The maximum absolute atomic E-state index is 12.5. The van der Waals surface area contributed by atoms with E-state index in [4.69, 9.17) is 0 Å². The molecule has 0 unspecified atom stereocenters. The van der Waals surface area contributed by atoms with Gasteiger partial charge < -0.3 is 19.7 Å². The van der Waals surface area contributed by atoms with Crippen molar-refractivity contribution in [2.75, 3.05) is 37.6 Å². The number of hydrogen-bond donors (Lipinski definition) is 1. The molecule has 1 N–H and O–H groups in total. The number of hydrogen-bond acceptors (Lipinski definition) is 3. The number of aryl methyl sites for hydroxylation is 1. The molecule has 0 atom stereocenters. The van der Waals surface area contributed by atoms with Crippen molar-refractivity contribution in [2.24, 2.45) is 0 Å². The second-order valence-corrected chi connectivity index (χ2v) is 7.79. The van der Waals surface area contributed by atoms with Crippen LogP contribution in [-0.4, -0.2) is 54.0 Å². The first kappa shape index (κ1) is 20.0. The quantitative estimate of drug-likeness (QED) is 0.711. The van der Waals surface area contributed by atoms with Crippen LogP contribution in [0.2, 0.25) is 0 Å². The van der Waals surface area contributed by atoms with Crippen molar-refractivity contribution < 1.29 is 9.59 Å². The summed E-state index contributed by atoms with van der Waals surface area (Å²) in [6.07, 6.45) is 0. The van der Waals surface area contributed by atoms with E-state index in [1.54, 1.807) is 6.92 Å². The normalized spacial score (nSPS) is 14.2. The highest BCUT2D eigenvalue weighted by molar-refractivity contribution is 5.94. The van der Waals surface area contributed by atoms with Gasteiger partial charge in [-0.15, -0.1) is 0 Å². The largest absolute Gasteiger partial charge is 0.368 e. The number of nitrogens with zero attached hydrogens (tertiary/aromatic N) is 3. The molecule has 156 valence electrons. The van der Waals surface area contributed by atoms with Crippen LogP contribution in [0.15, 0.2) is 54.6 Å². The Morgan fingerprint density at radius 2 is 1.67 bits per heavy atom. The highest BCUT2D eigenvalue weighted by Gasteiger charge is 2.19. The Balaban J connectivity index is 1.32. The third-order valence-corrected chi connectivity index (χ3v) is 5.86. The number of aromatic nitrogens is 1. The summed E-state index contributed by atoms with van der Waals surface area (Å²) in [5.41, 5.74) is 4.14. The van der Waals surface area contributed by atoms with Crippen molar-refractivity contribution in [3.8, 4) is 0 Å². The lowest BCUT2D eigenvalue weighted by Gasteiger charge is -2.35. The average molecular weight is 405 g/mol. The van der Waals surface area contributed by atoms with Crippen LogP contribution in [0.1, 0.15) is 23.0 Å². The first-order valence-electron chi connectivity index (χ1n) is 10.5. The van der Waals surface area contributed by atoms with Crippen LogP contribution in [0.3, 0.4) is 0 Å². The van der Waals surface area contributed by atoms with Gasteiger partial charge >= 0.3 is 0 Å². The van der Waals surface area contributed by atoms with E-state index in [9.17, 15) is 9.59 Å². The molecule has 0 aliphatic carbocycles. The van der Waals surface area contributed by atoms with Gasteiger partial charge in [-0.05, 0) is 48.7 Å². The van der Waals surface area contributed by atoms with Crippen molar-refractivity contribution in [3.63, 3.8) is 0 Å². The smallest absolute Gasteiger partial charge is 0.251 e. The molecule has 3 aromatic rings. The summed E-state index contributed by atoms with van der Waals surface area (Å²) in [7, 11) is 0. The van der Waals surface area contributed by atoms with Gasteiger partial charge in [-0.25, -0.2) is 0 Å². The molecular weight excluding hydrogens is 376 g/mol. The molecule has 1 aromatic heterocycles. The van der Waals surface area contributed by atoms with Crippen LogP contribution in [0.4, 0.5) is 5.69 Å². The number of nitrogens with one attached hydrogen (secondary N) is 1. The molecular formula is C24H28N4O2. The van der Waals surface area contributed by atoms with Crippen LogP contribution in [-0.2, 0) is 11.3 Å². The monoisotopic (exact) mass is 404 g/mol. The zero-order chi connectivity index (χ0) is 21.1. The van der Waals surface area contributed by atoms with Crippen LogP contribution < -0.4 is 10.2 Å². The first-order chi connectivity index (χ1) is 14.5. The number of carbonyl (C=O) groups excluding carboxylic acids is 2. The van der Waals surface area contributed by atoms with Crippen molar-refractivity contribution in [1.29, 1.82) is 0 Å². The van der Waals surface area contributed by atoms with Gasteiger partial charge in [-0.1, -0.05) is 18.2 Å². The lowest BCUT2D eigenvalue weighted by molar-refractivity contribution is -0.129. The number of para-hydroxylation sites is 1. The van der Waals surface area contributed by atoms with Gasteiger partial charge in [0.25, 0.3) is 5.91 Å². The number of fused-ring (bicyclic) bond motifs is 1. The Morgan fingerprint density at radius 1 is 0.967 bits per heavy atom. The third kappa shape index (κ3) is 4.17. The molecule has 6 heteroatoms. The fourth-order valence-electron chi connectivity index (χ4n) is 4.13. The van der Waals surface area contributed by atoms with E-state index in [1.807, 2.05) is 41.3 Å². The fraction of sp³-hybridized carbons (Fsp3) is 0.333. The highest BCUT2D eigenvalue weighted by atomic mass is 16.2. The van der Waals surface area contributed by atoms with E-state index < -0.39 is 0 Å². The Kier molecular flexibility index (Phi) is 5.74. The Labute approximate surface area is 177 Å². The van der Waals surface area contributed by atoms with Crippen LogP contribution >= 0.6 is 0 Å². The van der Waals surface area contributed by atoms with Gasteiger partial charge in [0.1, 0.15) is 0 Å². The predicted molar refractivity (Wildman–Crippen MR) is 120 cm³/mol. The van der Waals surface area contributed by atoms with Gasteiger partial charge in [0.05, 0.1) is 0 Å². The van der Waals surface area contributed by atoms with Crippen LogP contribution in [0.5, 0.6) is 0 Å². The number of piperazine rings is 1. The summed E-state index contributed by atoms with van der Waals surface area (Å²) in [6.45, 7) is 8.14. The molecule has 6 nitrogen and oxygen atoms in total. The van der Waals surface area contributed by atoms with E-state index in [-0.39, 0.29) is 11.8 Å². The Morgan fingerprint density at radius 3 is 2.37 bits per heavy atom. The zero-order valence-corrected chi connectivity index (χ0v) is 17.6. The summed E-state index contributed by atoms with van der Waals surface area (Å²) in [5, 5.41) is 4.25. The maximum Gasteiger partial charge on any atom is 0.251 e. The minimum atomic E-state index is -0.0583. The Hall–Kier alpha value is -3.28. The van der Waals surface area contributed by atoms with Crippen LogP contribution in [0, 0.1) is 6.92 Å². The van der Waals surface area contributed by atoms with Gasteiger partial charge in [0.2, 0.25) is 5.91 Å². The second kappa shape index (κ2) is 8.61. The van der Waals surface area contributed by atoms with E-state index in [0.717, 1.165) is 38.4 Å².